The number of rotatable bonds is 3. The molecular weight excluding hydrogens is 164 g/mol. The second kappa shape index (κ2) is 4.64. The van der Waals surface area contributed by atoms with Gasteiger partial charge in [0.15, 0.2) is 0 Å². The van der Waals surface area contributed by atoms with Gasteiger partial charge < -0.3 is 4.74 Å². The van der Waals surface area contributed by atoms with Crippen molar-refractivity contribution in [3.8, 4) is 0 Å². The molecular formula is C11H20O2. The first-order valence-electron chi connectivity index (χ1n) is 5.31. The fourth-order valence-electron chi connectivity index (χ4n) is 1.86. The van der Waals surface area contributed by atoms with Gasteiger partial charge in [-0.1, -0.05) is 27.2 Å². The summed E-state index contributed by atoms with van der Waals surface area (Å²) in [5.41, 5.74) is 0. The van der Waals surface area contributed by atoms with Gasteiger partial charge in [-0.05, 0) is 24.7 Å². The van der Waals surface area contributed by atoms with Crippen LogP contribution in [0, 0.1) is 11.8 Å². The lowest BCUT2D eigenvalue weighted by Crippen LogP contribution is -2.29. The summed E-state index contributed by atoms with van der Waals surface area (Å²) in [6.45, 7) is 6.52. The van der Waals surface area contributed by atoms with Crippen LogP contribution in [0.5, 0.6) is 0 Å². The highest BCUT2D eigenvalue weighted by Crippen LogP contribution is 2.25. The number of ether oxygens (including phenoxy) is 1. The molecule has 1 fully saturated rings. The van der Waals surface area contributed by atoms with Gasteiger partial charge >= 0.3 is 5.97 Å². The van der Waals surface area contributed by atoms with E-state index >= 15 is 0 Å². The Morgan fingerprint density at radius 1 is 1.62 bits per heavy atom. The highest BCUT2D eigenvalue weighted by Gasteiger charge is 2.26. The van der Waals surface area contributed by atoms with Crippen LogP contribution in [0.4, 0.5) is 0 Å². The largest absolute Gasteiger partial charge is 0.462 e. The minimum Gasteiger partial charge on any atom is -0.462 e. The molecule has 0 bridgehead atoms. The van der Waals surface area contributed by atoms with E-state index in [-0.39, 0.29) is 12.1 Å². The van der Waals surface area contributed by atoms with E-state index in [1.807, 2.05) is 0 Å². The highest BCUT2D eigenvalue weighted by molar-refractivity contribution is 5.70. The van der Waals surface area contributed by atoms with Crippen molar-refractivity contribution in [2.45, 2.75) is 52.6 Å². The molecule has 0 N–H and O–H groups in total. The van der Waals surface area contributed by atoms with Gasteiger partial charge in [0, 0.05) is 6.42 Å². The van der Waals surface area contributed by atoms with Crippen LogP contribution < -0.4 is 0 Å². The first-order valence-corrected chi connectivity index (χ1v) is 5.31. The highest BCUT2D eigenvalue weighted by atomic mass is 16.5. The van der Waals surface area contributed by atoms with Gasteiger partial charge in [0.05, 0.1) is 0 Å². The number of hydrogen-bond acceptors (Lipinski definition) is 2. The van der Waals surface area contributed by atoms with Crippen molar-refractivity contribution in [3.63, 3.8) is 0 Å². The van der Waals surface area contributed by atoms with Crippen molar-refractivity contribution in [1.29, 1.82) is 0 Å². The molecule has 0 aromatic carbocycles. The maximum Gasteiger partial charge on any atom is 0.306 e. The van der Waals surface area contributed by atoms with Gasteiger partial charge in [0.25, 0.3) is 0 Å². The van der Waals surface area contributed by atoms with Crippen molar-refractivity contribution in [1.82, 2.24) is 0 Å². The first-order chi connectivity index (χ1) is 6.11. The van der Waals surface area contributed by atoms with Gasteiger partial charge in [-0.3, -0.25) is 4.79 Å². The molecule has 2 nitrogen and oxygen atoms in total. The monoisotopic (exact) mass is 184 g/mol. The van der Waals surface area contributed by atoms with Crippen LogP contribution in [0.3, 0.4) is 0 Å². The van der Waals surface area contributed by atoms with Crippen molar-refractivity contribution in [2.24, 2.45) is 11.8 Å². The molecule has 76 valence electrons. The first kappa shape index (κ1) is 10.6. The van der Waals surface area contributed by atoms with Crippen LogP contribution in [0.1, 0.15) is 46.5 Å². The van der Waals surface area contributed by atoms with Gasteiger partial charge in [0.1, 0.15) is 6.10 Å². The van der Waals surface area contributed by atoms with Crippen LogP contribution in [0.2, 0.25) is 0 Å². The summed E-state index contributed by atoms with van der Waals surface area (Å²) in [4.78, 5) is 11.1. The molecule has 1 aliphatic heterocycles. The second-order valence-electron chi connectivity index (χ2n) is 4.41. The fourth-order valence-corrected chi connectivity index (χ4v) is 1.86. The van der Waals surface area contributed by atoms with E-state index in [1.54, 1.807) is 0 Å². The Bertz CT molecular complexity index is 177. The van der Waals surface area contributed by atoms with Crippen molar-refractivity contribution >= 4 is 5.97 Å². The van der Waals surface area contributed by atoms with E-state index in [4.69, 9.17) is 4.74 Å². The third kappa shape index (κ3) is 3.37. The molecule has 0 radical (unpaired) electrons. The van der Waals surface area contributed by atoms with E-state index < -0.39 is 0 Å². The summed E-state index contributed by atoms with van der Waals surface area (Å²) >= 11 is 0. The molecule has 0 aromatic rings. The van der Waals surface area contributed by atoms with Crippen molar-refractivity contribution in [2.75, 3.05) is 0 Å². The molecule has 1 saturated heterocycles. The van der Waals surface area contributed by atoms with Crippen LogP contribution in [-0.4, -0.2) is 12.1 Å². The number of carbonyl (C=O) groups excluding carboxylic acids is 1. The van der Waals surface area contributed by atoms with Gasteiger partial charge in [-0.25, -0.2) is 0 Å². The smallest absolute Gasteiger partial charge is 0.306 e. The Morgan fingerprint density at radius 2 is 2.31 bits per heavy atom. The summed E-state index contributed by atoms with van der Waals surface area (Å²) < 4.78 is 5.29. The number of carbonyl (C=O) groups is 1. The maximum absolute atomic E-state index is 11.1. The zero-order valence-corrected chi connectivity index (χ0v) is 8.88. The van der Waals surface area contributed by atoms with E-state index in [0.29, 0.717) is 18.3 Å². The molecule has 0 unspecified atom stereocenters. The lowest BCUT2D eigenvalue weighted by atomic mass is 9.91. The zero-order valence-electron chi connectivity index (χ0n) is 8.88. The second-order valence-corrected chi connectivity index (χ2v) is 4.41. The van der Waals surface area contributed by atoms with E-state index in [1.165, 1.54) is 6.42 Å². The third-order valence-electron chi connectivity index (χ3n) is 2.84. The molecule has 13 heavy (non-hydrogen) atoms. The summed E-state index contributed by atoms with van der Waals surface area (Å²) in [5.74, 6) is 1.17. The standard InChI is InChI=1S/C11H20O2/c1-4-8(2)5-10-6-9(3)7-11(12)13-10/h8-10H,4-7H2,1-3H3/t8-,9-,10-/m1/s1. The van der Waals surface area contributed by atoms with Gasteiger partial charge in [-0.2, -0.15) is 0 Å². The van der Waals surface area contributed by atoms with Crippen LogP contribution >= 0.6 is 0 Å². The van der Waals surface area contributed by atoms with Gasteiger partial charge in [0.2, 0.25) is 0 Å². The topological polar surface area (TPSA) is 26.3 Å². The average Bonchev–Trinajstić information content (AvgIpc) is 2.02. The Balaban J connectivity index is 2.37. The molecule has 3 atom stereocenters. The minimum atomic E-state index is -0.00736. The lowest BCUT2D eigenvalue weighted by molar-refractivity contribution is -0.157. The summed E-state index contributed by atoms with van der Waals surface area (Å²) in [5, 5.41) is 0. The number of esters is 1. The van der Waals surface area contributed by atoms with Crippen molar-refractivity contribution < 1.29 is 9.53 Å². The quantitative estimate of drug-likeness (QED) is 0.630. The Labute approximate surface area is 80.7 Å². The molecule has 0 aromatic heterocycles. The number of hydrogen-bond donors (Lipinski definition) is 0. The summed E-state index contributed by atoms with van der Waals surface area (Å²) in [6, 6.07) is 0. The van der Waals surface area contributed by atoms with Crippen LogP contribution in [0.15, 0.2) is 0 Å². The Hall–Kier alpha value is -0.530. The van der Waals surface area contributed by atoms with E-state index in [9.17, 15) is 4.79 Å². The molecule has 1 aliphatic rings. The molecule has 0 spiro atoms. The molecule has 0 saturated carbocycles. The van der Waals surface area contributed by atoms with Crippen molar-refractivity contribution in [3.05, 3.63) is 0 Å². The van der Waals surface area contributed by atoms with Crippen LogP contribution in [0.25, 0.3) is 0 Å². The molecule has 1 heterocycles. The SMILES string of the molecule is CC[C@@H](C)C[C@@H]1C[C@@H](C)CC(=O)O1. The van der Waals surface area contributed by atoms with Gasteiger partial charge in [-0.15, -0.1) is 0 Å². The summed E-state index contributed by atoms with van der Waals surface area (Å²) in [7, 11) is 0. The van der Waals surface area contributed by atoms with E-state index in [0.717, 1.165) is 12.8 Å². The minimum absolute atomic E-state index is 0.00736. The fraction of sp³-hybridized carbons (Fsp3) is 0.909. The van der Waals surface area contributed by atoms with Crippen LogP contribution in [-0.2, 0) is 9.53 Å². The Morgan fingerprint density at radius 3 is 2.85 bits per heavy atom. The molecule has 2 heteroatoms. The molecule has 0 amide bonds. The zero-order chi connectivity index (χ0) is 9.84. The predicted octanol–water partition coefficient (Wildman–Crippen LogP) is 2.76. The normalized spacial score (nSPS) is 31.2. The third-order valence-corrected chi connectivity index (χ3v) is 2.84. The lowest BCUT2D eigenvalue weighted by Gasteiger charge is -2.28. The summed E-state index contributed by atoms with van der Waals surface area (Å²) in [6.07, 6.45) is 4.05. The van der Waals surface area contributed by atoms with E-state index in [2.05, 4.69) is 20.8 Å². The Kier molecular flexibility index (Phi) is 3.76. The molecule has 1 rings (SSSR count). The molecule has 0 aliphatic carbocycles. The number of cyclic esters (lactones) is 1. The maximum atomic E-state index is 11.1. The average molecular weight is 184 g/mol. The predicted molar refractivity (Wildman–Crippen MR) is 52.4 cm³/mol.